The van der Waals surface area contributed by atoms with Crippen LogP contribution < -0.4 is 5.32 Å². The second-order valence-corrected chi connectivity index (χ2v) is 9.15. The first-order valence-electron chi connectivity index (χ1n) is 9.56. The largest absolute Gasteiger partial charge is 0.440 e. The summed E-state index contributed by atoms with van der Waals surface area (Å²) in [6.45, 7) is 13.1. The molecule has 7 heteroatoms. The van der Waals surface area contributed by atoms with Gasteiger partial charge in [0.05, 0.1) is 17.1 Å². The van der Waals surface area contributed by atoms with Crippen molar-refractivity contribution in [2.45, 2.75) is 46.2 Å². The molecular formula is C20H30N4O2S. The maximum atomic E-state index is 12.2. The van der Waals surface area contributed by atoms with Crippen LogP contribution in [0.1, 0.15) is 38.6 Å². The summed E-state index contributed by atoms with van der Waals surface area (Å²) < 4.78 is 5.86. The predicted molar refractivity (Wildman–Crippen MR) is 109 cm³/mol. The van der Waals surface area contributed by atoms with Gasteiger partial charge < -0.3 is 9.73 Å². The molecule has 1 N–H and O–H groups in total. The molecule has 0 aliphatic carbocycles. The second-order valence-electron chi connectivity index (χ2n) is 8.20. The van der Waals surface area contributed by atoms with Crippen LogP contribution in [0.3, 0.4) is 0 Å². The number of aryl methyl sites for hydroxylation is 1. The lowest BCUT2D eigenvalue weighted by atomic mass is 10.1. The molecular weight excluding hydrogens is 360 g/mol. The van der Waals surface area contributed by atoms with Crippen LogP contribution in [0.4, 0.5) is 0 Å². The van der Waals surface area contributed by atoms with Gasteiger partial charge in [-0.3, -0.25) is 14.6 Å². The van der Waals surface area contributed by atoms with Gasteiger partial charge in [-0.2, -0.15) is 0 Å². The van der Waals surface area contributed by atoms with Gasteiger partial charge >= 0.3 is 0 Å². The Balaban J connectivity index is 1.54. The molecule has 3 heterocycles. The third kappa shape index (κ3) is 5.89. The maximum Gasteiger partial charge on any atom is 0.236 e. The van der Waals surface area contributed by atoms with E-state index in [1.54, 1.807) is 11.3 Å². The summed E-state index contributed by atoms with van der Waals surface area (Å²) in [6.07, 6.45) is 1.05. The Morgan fingerprint density at radius 3 is 2.70 bits per heavy atom. The van der Waals surface area contributed by atoms with E-state index in [-0.39, 0.29) is 11.4 Å². The lowest BCUT2D eigenvalue weighted by molar-refractivity contribution is -0.123. The number of rotatable bonds is 5. The zero-order chi connectivity index (χ0) is 19.4. The predicted octanol–water partition coefficient (Wildman–Crippen LogP) is 3.13. The highest BCUT2D eigenvalue weighted by Gasteiger charge is 2.21. The minimum Gasteiger partial charge on any atom is -0.440 e. The van der Waals surface area contributed by atoms with Crippen LogP contribution in [0.5, 0.6) is 0 Å². The van der Waals surface area contributed by atoms with Gasteiger partial charge in [0, 0.05) is 25.2 Å². The average Bonchev–Trinajstić information content (AvgIpc) is 3.15. The molecule has 0 spiro atoms. The summed E-state index contributed by atoms with van der Waals surface area (Å²) in [6, 6.07) is 4.05. The Hall–Kier alpha value is -1.70. The first-order chi connectivity index (χ1) is 12.8. The molecule has 1 aliphatic rings. The van der Waals surface area contributed by atoms with Crippen molar-refractivity contribution in [3.8, 4) is 10.8 Å². The van der Waals surface area contributed by atoms with Crippen LogP contribution in [0.15, 0.2) is 21.9 Å². The average molecular weight is 391 g/mol. The topological polar surface area (TPSA) is 61.6 Å². The molecule has 1 fully saturated rings. The summed E-state index contributed by atoms with van der Waals surface area (Å²) in [5.41, 5.74) is 0.831. The highest BCUT2D eigenvalue weighted by molar-refractivity contribution is 7.13. The maximum absolute atomic E-state index is 12.2. The number of nitrogens with zero attached hydrogens (tertiary/aromatic N) is 3. The highest BCUT2D eigenvalue weighted by atomic mass is 32.1. The van der Waals surface area contributed by atoms with Crippen molar-refractivity contribution in [2.24, 2.45) is 0 Å². The normalized spacial score (nSPS) is 17.0. The van der Waals surface area contributed by atoms with Gasteiger partial charge in [0.2, 0.25) is 11.8 Å². The number of aromatic nitrogens is 1. The Kier molecular flexibility index (Phi) is 6.34. The van der Waals surface area contributed by atoms with E-state index in [4.69, 9.17) is 9.40 Å². The smallest absolute Gasteiger partial charge is 0.236 e. The van der Waals surface area contributed by atoms with E-state index in [0.29, 0.717) is 12.4 Å². The lowest BCUT2D eigenvalue weighted by Crippen LogP contribution is -2.46. The Labute approximate surface area is 165 Å². The van der Waals surface area contributed by atoms with Crippen LogP contribution in [0.2, 0.25) is 0 Å². The van der Waals surface area contributed by atoms with Gasteiger partial charge in [0.25, 0.3) is 0 Å². The summed E-state index contributed by atoms with van der Waals surface area (Å²) >= 11 is 1.64. The van der Waals surface area contributed by atoms with Gasteiger partial charge in [-0.15, -0.1) is 11.3 Å². The van der Waals surface area contributed by atoms with Gasteiger partial charge in [-0.1, -0.05) is 6.07 Å². The van der Waals surface area contributed by atoms with Gasteiger partial charge in [-0.25, -0.2) is 4.98 Å². The van der Waals surface area contributed by atoms with E-state index < -0.39 is 0 Å². The van der Waals surface area contributed by atoms with Crippen LogP contribution in [-0.4, -0.2) is 59.0 Å². The van der Waals surface area contributed by atoms with E-state index in [0.717, 1.165) is 55.5 Å². The molecule has 27 heavy (non-hydrogen) atoms. The van der Waals surface area contributed by atoms with Crippen molar-refractivity contribution >= 4 is 17.2 Å². The zero-order valence-electron chi connectivity index (χ0n) is 16.7. The first kappa shape index (κ1) is 20.0. The van der Waals surface area contributed by atoms with Crippen LogP contribution in [-0.2, 0) is 11.3 Å². The van der Waals surface area contributed by atoms with Crippen LogP contribution >= 0.6 is 11.3 Å². The fraction of sp³-hybridized carbons (Fsp3) is 0.600. The number of carbonyl (C=O) groups is 1. The van der Waals surface area contributed by atoms with Crippen molar-refractivity contribution in [1.82, 2.24) is 20.1 Å². The van der Waals surface area contributed by atoms with E-state index in [2.05, 4.69) is 15.1 Å². The molecule has 0 unspecified atom stereocenters. The molecule has 2 aromatic rings. The fourth-order valence-electron chi connectivity index (χ4n) is 3.29. The number of nitrogens with one attached hydrogen (secondary N) is 1. The minimum atomic E-state index is -0.181. The minimum absolute atomic E-state index is 0.101. The number of oxazole rings is 1. The van der Waals surface area contributed by atoms with Crippen LogP contribution in [0, 0.1) is 6.92 Å². The molecule has 0 aromatic carbocycles. The standard InChI is InChI=1S/C20H30N4O2S/c1-15-16(21-19(26-15)17-7-5-12-27-17)13-23-8-6-9-24(11-10-23)14-18(25)22-20(2,3)4/h5,7,12H,6,8-11,13-14H2,1-4H3,(H,22,25). The van der Waals surface area contributed by atoms with Crippen molar-refractivity contribution in [1.29, 1.82) is 0 Å². The Bertz CT molecular complexity index is 749. The van der Waals surface area contributed by atoms with Crippen LogP contribution in [0.25, 0.3) is 10.8 Å². The Morgan fingerprint density at radius 2 is 2.00 bits per heavy atom. The fourth-order valence-corrected chi connectivity index (χ4v) is 3.94. The number of hydrogen-bond acceptors (Lipinski definition) is 6. The van der Waals surface area contributed by atoms with E-state index in [1.807, 2.05) is 45.2 Å². The summed E-state index contributed by atoms with van der Waals surface area (Å²) in [4.78, 5) is 22.6. The quantitative estimate of drug-likeness (QED) is 0.850. The third-order valence-corrected chi connectivity index (χ3v) is 5.42. The molecule has 6 nitrogen and oxygen atoms in total. The molecule has 148 valence electrons. The molecule has 1 saturated heterocycles. The molecule has 3 rings (SSSR count). The van der Waals surface area contributed by atoms with Crippen molar-refractivity contribution in [3.63, 3.8) is 0 Å². The summed E-state index contributed by atoms with van der Waals surface area (Å²) in [5.74, 6) is 1.71. The van der Waals surface area contributed by atoms with E-state index in [9.17, 15) is 4.79 Å². The SMILES string of the molecule is Cc1oc(-c2cccs2)nc1CN1CCCN(CC(=O)NC(C)(C)C)CC1. The summed E-state index contributed by atoms with van der Waals surface area (Å²) in [7, 11) is 0. The Morgan fingerprint density at radius 1 is 1.26 bits per heavy atom. The molecule has 2 aromatic heterocycles. The van der Waals surface area contributed by atoms with Crippen molar-refractivity contribution in [2.75, 3.05) is 32.7 Å². The van der Waals surface area contributed by atoms with E-state index >= 15 is 0 Å². The molecule has 1 aliphatic heterocycles. The number of hydrogen-bond donors (Lipinski definition) is 1. The van der Waals surface area contributed by atoms with Gasteiger partial charge in [0.1, 0.15) is 5.76 Å². The van der Waals surface area contributed by atoms with Crippen molar-refractivity contribution < 1.29 is 9.21 Å². The van der Waals surface area contributed by atoms with Crippen molar-refractivity contribution in [3.05, 3.63) is 29.0 Å². The second kappa shape index (κ2) is 8.54. The monoisotopic (exact) mass is 390 g/mol. The molecule has 0 bridgehead atoms. The highest BCUT2D eigenvalue weighted by Crippen LogP contribution is 2.26. The molecule has 0 saturated carbocycles. The lowest BCUT2D eigenvalue weighted by Gasteiger charge is -2.25. The molecule has 0 atom stereocenters. The van der Waals surface area contributed by atoms with E-state index in [1.165, 1.54) is 0 Å². The first-order valence-corrected chi connectivity index (χ1v) is 10.4. The summed E-state index contributed by atoms with van der Waals surface area (Å²) in [5, 5.41) is 5.08. The number of carbonyl (C=O) groups excluding carboxylic acids is 1. The zero-order valence-corrected chi connectivity index (χ0v) is 17.6. The van der Waals surface area contributed by atoms with Gasteiger partial charge in [0.15, 0.2) is 0 Å². The number of thiophene rings is 1. The molecule has 0 radical (unpaired) electrons. The third-order valence-electron chi connectivity index (χ3n) is 4.56. The van der Waals surface area contributed by atoms with Gasteiger partial charge in [-0.05, 0) is 58.7 Å². The molecule has 1 amide bonds. The number of amides is 1.